The summed E-state index contributed by atoms with van der Waals surface area (Å²) in [7, 11) is 1.67. The monoisotopic (exact) mass is 401 g/mol. The molecule has 0 saturated carbocycles. The SMILES string of the molecule is CC(C)c1ccc(C2C(=O)N(C)C(N)=N[C@]2(C)c2cnn(-c3ccccc3)c2)cc1. The van der Waals surface area contributed by atoms with Crippen molar-refractivity contribution >= 4 is 11.9 Å². The second-order valence-corrected chi connectivity index (χ2v) is 8.28. The van der Waals surface area contributed by atoms with Gasteiger partial charge in [0.15, 0.2) is 5.96 Å². The van der Waals surface area contributed by atoms with E-state index in [1.807, 2.05) is 55.6 Å². The maximum Gasteiger partial charge on any atom is 0.239 e. The van der Waals surface area contributed by atoms with Crippen molar-refractivity contribution < 1.29 is 4.79 Å². The Morgan fingerprint density at radius 3 is 2.37 bits per heavy atom. The molecule has 0 bridgehead atoms. The van der Waals surface area contributed by atoms with Crippen molar-refractivity contribution in [2.75, 3.05) is 7.05 Å². The summed E-state index contributed by atoms with van der Waals surface area (Å²) >= 11 is 0. The van der Waals surface area contributed by atoms with Crippen molar-refractivity contribution in [3.8, 4) is 5.69 Å². The summed E-state index contributed by atoms with van der Waals surface area (Å²) in [5, 5.41) is 4.52. The first-order valence-corrected chi connectivity index (χ1v) is 10.1. The third kappa shape index (κ3) is 3.28. The average Bonchev–Trinajstić information content (AvgIpc) is 3.24. The highest BCUT2D eigenvalue weighted by Gasteiger charge is 2.47. The molecule has 2 atom stereocenters. The van der Waals surface area contributed by atoms with Crippen molar-refractivity contribution in [1.29, 1.82) is 0 Å². The second kappa shape index (κ2) is 7.44. The molecule has 2 heterocycles. The lowest BCUT2D eigenvalue weighted by Gasteiger charge is -2.40. The van der Waals surface area contributed by atoms with Gasteiger partial charge in [-0.15, -0.1) is 0 Å². The van der Waals surface area contributed by atoms with Crippen LogP contribution in [-0.4, -0.2) is 33.6 Å². The fourth-order valence-electron chi connectivity index (χ4n) is 4.00. The molecule has 3 aromatic rings. The Bertz CT molecular complexity index is 1080. The third-order valence-electron chi connectivity index (χ3n) is 5.95. The van der Waals surface area contributed by atoms with Crippen molar-refractivity contribution in [3.63, 3.8) is 0 Å². The Kier molecular flexibility index (Phi) is 4.94. The molecule has 0 spiro atoms. The number of hydrogen-bond acceptors (Lipinski definition) is 4. The van der Waals surface area contributed by atoms with E-state index in [1.54, 1.807) is 17.9 Å². The van der Waals surface area contributed by atoms with Gasteiger partial charge in [-0.2, -0.15) is 5.10 Å². The molecule has 0 saturated heterocycles. The topological polar surface area (TPSA) is 76.5 Å². The number of nitrogens with two attached hydrogens (primary N) is 1. The molecule has 2 aromatic carbocycles. The first-order valence-electron chi connectivity index (χ1n) is 10.1. The van der Waals surface area contributed by atoms with Crippen LogP contribution < -0.4 is 5.73 Å². The summed E-state index contributed by atoms with van der Waals surface area (Å²) < 4.78 is 1.80. The summed E-state index contributed by atoms with van der Waals surface area (Å²) in [6, 6.07) is 18.1. The number of rotatable bonds is 4. The van der Waals surface area contributed by atoms with E-state index in [4.69, 9.17) is 10.7 Å². The Hall–Kier alpha value is -3.41. The van der Waals surface area contributed by atoms with Gasteiger partial charge in [-0.05, 0) is 36.1 Å². The molecular formula is C24H27N5O. The van der Waals surface area contributed by atoms with Gasteiger partial charge in [0.05, 0.1) is 17.8 Å². The van der Waals surface area contributed by atoms with Crippen LogP contribution in [0.1, 0.15) is 49.3 Å². The summed E-state index contributed by atoms with van der Waals surface area (Å²) in [5.74, 6) is 0.0668. The largest absolute Gasteiger partial charge is 0.369 e. The van der Waals surface area contributed by atoms with E-state index in [9.17, 15) is 4.79 Å². The highest BCUT2D eigenvalue weighted by molar-refractivity contribution is 6.02. The Morgan fingerprint density at radius 2 is 1.73 bits per heavy atom. The summed E-state index contributed by atoms with van der Waals surface area (Å²) in [4.78, 5) is 19.6. The molecule has 1 aliphatic rings. The molecule has 6 nitrogen and oxygen atoms in total. The van der Waals surface area contributed by atoms with E-state index in [1.165, 1.54) is 10.5 Å². The highest BCUT2D eigenvalue weighted by Crippen LogP contribution is 2.44. The average molecular weight is 402 g/mol. The van der Waals surface area contributed by atoms with E-state index in [-0.39, 0.29) is 11.9 Å². The summed E-state index contributed by atoms with van der Waals surface area (Å²) in [6.07, 6.45) is 3.71. The van der Waals surface area contributed by atoms with Gasteiger partial charge in [0.2, 0.25) is 5.91 Å². The molecule has 1 aliphatic heterocycles. The second-order valence-electron chi connectivity index (χ2n) is 8.28. The molecule has 0 fully saturated rings. The molecule has 154 valence electrons. The van der Waals surface area contributed by atoms with Crippen molar-refractivity contribution in [1.82, 2.24) is 14.7 Å². The number of likely N-dealkylation sites (N-methyl/N-ethyl adjacent to an activating group) is 1. The quantitative estimate of drug-likeness (QED) is 0.723. The lowest BCUT2D eigenvalue weighted by Crippen LogP contribution is -2.52. The van der Waals surface area contributed by atoms with Crippen LogP contribution >= 0.6 is 0 Å². The number of para-hydroxylation sites is 1. The van der Waals surface area contributed by atoms with Gasteiger partial charge in [-0.3, -0.25) is 9.69 Å². The Labute approximate surface area is 177 Å². The maximum atomic E-state index is 13.4. The van der Waals surface area contributed by atoms with Crippen molar-refractivity contribution in [2.24, 2.45) is 10.7 Å². The molecule has 4 rings (SSSR count). The number of hydrogen-bond donors (Lipinski definition) is 1. The van der Waals surface area contributed by atoms with Gasteiger partial charge in [0.25, 0.3) is 0 Å². The molecule has 1 aromatic heterocycles. The van der Waals surface area contributed by atoms with E-state index in [0.717, 1.165) is 16.8 Å². The van der Waals surface area contributed by atoms with Crippen LogP contribution in [0.15, 0.2) is 72.0 Å². The molecule has 1 unspecified atom stereocenters. The molecule has 6 heteroatoms. The smallest absolute Gasteiger partial charge is 0.239 e. The van der Waals surface area contributed by atoms with Crippen LogP contribution in [0, 0.1) is 0 Å². The predicted octanol–water partition coefficient (Wildman–Crippen LogP) is 3.78. The number of aliphatic imine (C=N–C) groups is 1. The number of carbonyl (C=O) groups is 1. The number of aromatic nitrogens is 2. The first kappa shape index (κ1) is 19.9. The highest BCUT2D eigenvalue weighted by atomic mass is 16.2. The molecule has 30 heavy (non-hydrogen) atoms. The number of amides is 1. The minimum Gasteiger partial charge on any atom is -0.369 e. The zero-order valence-corrected chi connectivity index (χ0v) is 17.8. The van der Waals surface area contributed by atoms with Crippen LogP contribution in [0.3, 0.4) is 0 Å². The number of nitrogens with zero attached hydrogens (tertiary/aromatic N) is 4. The molecule has 2 N–H and O–H groups in total. The van der Waals surface area contributed by atoms with Gasteiger partial charge in [-0.1, -0.05) is 56.3 Å². The fraction of sp³-hybridized carbons (Fsp3) is 0.292. The van der Waals surface area contributed by atoms with Crippen LogP contribution in [0.25, 0.3) is 5.69 Å². The molecule has 1 amide bonds. The lowest BCUT2D eigenvalue weighted by molar-refractivity contribution is -0.130. The maximum absolute atomic E-state index is 13.4. The van der Waals surface area contributed by atoms with Gasteiger partial charge < -0.3 is 5.73 Å². The zero-order valence-electron chi connectivity index (χ0n) is 17.8. The van der Waals surface area contributed by atoms with Gasteiger partial charge in [0.1, 0.15) is 5.54 Å². The lowest BCUT2D eigenvalue weighted by atomic mass is 9.75. The Balaban J connectivity index is 1.82. The molecular weight excluding hydrogens is 374 g/mol. The predicted molar refractivity (Wildman–Crippen MR) is 119 cm³/mol. The van der Waals surface area contributed by atoms with E-state index in [0.29, 0.717) is 5.92 Å². The Morgan fingerprint density at radius 1 is 1.07 bits per heavy atom. The standard InChI is InChI=1S/C24H27N5O/c1-16(2)17-10-12-18(13-11-17)21-22(30)28(4)23(25)27-24(21,3)19-14-26-29(15-19)20-8-6-5-7-9-20/h5-16,21H,1-4H3,(H2,25,27)/t21?,24-/m1/s1. The van der Waals surface area contributed by atoms with Crippen LogP contribution in [0.5, 0.6) is 0 Å². The third-order valence-corrected chi connectivity index (χ3v) is 5.95. The molecule has 0 aliphatic carbocycles. The van der Waals surface area contributed by atoms with E-state index < -0.39 is 11.5 Å². The number of carbonyl (C=O) groups excluding carboxylic acids is 1. The fourth-order valence-corrected chi connectivity index (χ4v) is 4.00. The van der Waals surface area contributed by atoms with Crippen LogP contribution in [-0.2, 0) is 10.3 Å². The van der Waals surface area contributed by atoms with Crippen LogP contribution in [0.4, 0.5) is 0 Å². The molecule has 0 radical (unpaired) electrons. The minimum atomic E-state index is -0.861. The number of guanidine groups is 1. The minimum absolute atomic E-state index is 0.0743. The normalized spacial score (nSPS) is 21.8. The van der Waals surface area contributed by atoms with Gasteiger partial charge in [0, 0.05) is 18.8 Å². The summed E-state index contributed by atoms with van der Waals surface area (Å²) in [6.45, 7) is 6.27. The van der Waals surface area contributed by atoms with Crippen molar-refractivity contribution in [3.05, 3.63) is 83.7 Å². The zero-order chi connectivity index (χ0) is 21.5. The van der Waals surface area contributed by atoms with Gasteiger partial charge in [-0.25, -0.2) is 9.67 Å². The van der Waals surface area contributed by atoms with Crippen LogP contribution in [0.2, 0.25) is 0 Å². The first-order chi connectivity index (χ1) is 14.3. The van der Waals surface area contributed by atoms with E-state index in [2.05, 4.69) is 31.1 Å². The number of benzene rings is 2. The summed E-state index contributed by atoms with van der Waals surface area (Å²) in [5.41, 5.74) is 9.21. The van der Waals surface area contributed by atoms with Gasteiger partial charge >= 0.3 is 0 Å². The van der Waals surface area contributed by atoms with Crippen molar-refractivity contribution in [2.45, 2.75) is 38.1 Å². The van der Waals surface area contributed by atoms with E-state index >= 15 is 0 Å².